The SMILES string of the molecule is Cc1cccc(C(=O)N/N=C/c2cc(C)cc(C(F)(F)F)c2O)c1. The maximum atomic E-state index is 12.8. The molecule has 7 heteroatoms. The molecule has 0 aliphatic rings. The number of aromatic hydroxyl groups is 1. The van der Waals surface area contributed by atoms with E-state index in [9.17, 15) is 23.1 Å². The van der Waals surface area contributed by atoms with Gasteiger partial charge in [-0.2, -0.15) is 18.3 Å². The molecule has 0 saturated heterocycles. The largest absolute Gasteiger partial charge is 0.507 e. The highest BCUT2D eigenvalue weighted by molar-refractivity contribution is 5.95. The number of carbonyl (C=O) groups is 1. The molecular formula is C17H15F3N2O2. The summed E-state index contributed by atoms with van der Waals surface area (Å²) in [6.07, 6.45) is -3.70. The number of phenolic OH excluding ortho intramolecular Hbond substituents is 1. The molecule has 0 unspecified atom stereocenters. The minimum absolute atomic E-state index is 0.133. The second kappa shape index (κ2) is 6.74. The molecular weight excluding hydrogens is 321 g/mol. The molecule has 0 radical (unpaired) electrons. The number of aryl methyl sites for hydroxylation is 2. The first-order valence-electron chi connectivity index (χ1n) is 6.99. The van der Waals surface area contributed by atoms with Crippen molar-refractivity contribution in [3.05, 3.63) is 64.2 Å². The van der Waals surface area contributed by atoms with Gasteiger partial charge in [0.25, 0.3) is 5.91 Å². The van der Waals surface area contributed by atoms with Crippen LogP contribution in [0.1, 0.15) is 32.6 Å². The standard InChI is InChI=1S/C17H15F3N2O2/c1-10-4-3-5-12(6-10)16(24)22-21-9-13-7-11(2)8-14(15(13)23)17(18,19)20/h3-9,23H,1-2H3,(H,22,24)/b21-9+. The number of alkyl halides is 3. The van der Waals surface area contributed by atoms with Gasteiger partial charge < -0.3 is 5.11 Å². The molecule has 0 aliphatic carbocycles. The van der Waals surface area contributed by atoms with Gasteiger partial charge in [-0.1, -0.05) is 17.7 Å². The van der Waals surface area contributed by atoms with Crippen LogP contribution in [0.3, 0.4) is 0 Å². The number of hydrazone groups is 1. The average Bonchev–Trinajstić information content (AvgIpc) is 2.49. The fourth-order valence-electron chi connectivity index (χ4n) is 2.13. The highest BCUT2D eigenvalue weighted by atomic mass is 19.4. The molecule has 0 atom stereocenters. The number of benzene rings is 2. The number of rotatable bonds is 3. The predicted octanol–water partition coefficient (Wildman–Crippen LogP) is 3.79. The number of phenols is 1. The Morgan fingerprint density at radius 1 is 1.17 bits per heavy atom. The lowest BCUT2D eigenvalue weighted by molar-refractivity contribution is -0.138. The molecule has 0 saturated carbocycles. The van der Waals surface area contributed by atoms with E-state index in [1.165, 1.54) is 13.0 Å². The van der Waals surface area contributed by atoms with Gasteiger partial charge in [0.1, 0.15) is 5.75 Å². The summed E-state index contributed by atoms with van der Waals surface area (Å²) in [5, 5.41) is 13.4. The van der Waals surface area contributed by atoms with Crippen LogP contribution in [0.25, 0.3) is 0 Å². The third kappa shape index (κ3) is 4.13. The predicted molar refractivity (Wildman–Crippen MR) is 84.1 cm³/mol. The molecule has 2 aromatic carbocycles. The maximum absolute atomic E-state index is 12.8. The van der Waals surface area contributed by atoms with E-state index in [2.05, 4.69) is 10.5 Å². The number of hydrogen-bond donors (Lipinski definition) is 2. The fraction of sp³-hybridized carbons (Fsp3) is 0.176. The van der Waals surface area contributed by atoms with Gasteiger partial charge in [0.2, 0.25) is 0 Å². The lowest BCUT2D eigenvalue weighted by atomic mass is 10.0. The molecule has 2 N–H and O–H groups in total. The number of hydrogen-bond acceptors (Lipinski definition) is 3. The fourth-order valence-corrected chi connectivity index (χ4v) is 2.13. The van der Waals surface area contributed by atoms with Crippen molar-refractivity contribution < 1.29 is 23.1 Å². The smallest absolute Gasteiger partial charge is 0.419 e. The number of halogens is 3. The van der Waals surface area contributed by atoms with E-state index >= 15 is 0 Å². The van der Waals surface area contributed by atoms with Crippen molar-refractivity contribution in [3.63, 3.8) is 0 Å². The van der Waals surface area contributed by atoms with Crippen LogP contribution in [0.4, 0.5) is 13.2 Å². The first-order valence-corrected chi connectivity index (χ1v) is 6.99. The molecule has 0 spiro atoms. The van der Waals surface area contributed by atoms with E-state index in [1.807, 2.05) is 13.0 Å². The quantitative estimate of drug-likeness (QED) is 0.662. The van der Waals surface area contributed by atoms with Crippen molar-refractivity contribution in [2.75, 3.05) is 0 Å². The molecule has 0 aromatic heterocycles. The molecule has 0 bridgehead atoms. The molecule has 0 heterocycles. The van der Waals surface area contributed by atoms with Crippen LogP contribution < -0.4 is 5.43 Å². The van der Waals surface area contributed by atoms with E-state index in [0.29, 0.717) is 11.1 Å². The summed E-state index contributed by atoms with van der Waals surface area (Å²) in [6.45, 7) is 3.29. The number of amides is 1. The van der Waals surface area contributed by atoms with Gasteiger partial charge in [-0.3, -0.25) is 4.79 Å². The Balaban J connectivity index is 2.21. The summed E-state index contributed by atoms with van der Waals surface area (Å²) in [4.78, 5) is 11.9. The average molecular weight is 336 g/mol. The van der Waals surface area contributed by atoms with Crippen molar-refractivity contribution in [1.82, 2.24) is 5.43 Å². The van der Waals surface area contributed by atoms with E-state index in [1.54, 1.807) is 18.2 Å². The zero-order valence-electron chi connectivity index (χ0n) is 13.0. The van der Waals surface area contributed by atoms with E-state index in [-0.39, 0.29) is 5.56 Å². The van der Waals surface area contributed by atoms with Crippen molar-refractivity contribution in [3.8, 4) is 5.75 Å². The summed E-state index contributed by atoms with van der Waals surface area (Å²) < 4.78 is 38.5. The van der Waals surface area contributed by atoms with Crippen LogP contribution in [0.2, 0.25) is 0 Å². The molecule has 24 heavy (non-hydrogen) atoms. The van der Waals surface area contributed by atoms with Gasteiger partial charge in [-0.15, -0.1) is 0 Å². The van der Waals surface area contributed by atoms with E-state index < -0.39 is 23.4 Å². The monoisotopic (exact) mass is 336 g/mol. The Morgan fingerprint density at radius 3 is 2.50 bits per heavy atom. The lowest BCUT2D eigenvalue weighted by Crippen LogP contribution is -2.17. The molecule has 0 fully saturated rings. The van der Waals surface area contributed by atoms with Crippen LogP contribution in [0.5, 0.6) is 5.75 Å². The minimum atomic E-state index is -4.68. The van der Waals surface area contributed by atoms with Gasteiger partial charge >= 0.3 is 6.18 Å². The molecule has 126 valence electrons. The number of nitrogens with zero attached hydrogens (tertiary/aromatic N) is 1. The van der Waals surface area contributed by atoms with Gasteiger partial charge in [-0.05, 0) is 43.7 Å². The second-order valence-corrected chi connectivity index (χ2v) is 5.32. The maximum Gasteiger partial charge on any atom is 0.419 e. The summed E-state index contributed by atoms with van der Waals surface area (Å²) in [5.41, 5.74) is 2.51. The summed E-state index contributed by atoms with van der Waals surface area (Å²) in [7, 11) is 0. The van der Waals surface area contributed by atoms with Gasteiger partial charge in [0.05, 0.1) is 11.8 Å². The van der Waals surface area contributed by atoms with Crippen LogP contribution >= 0.6 is 0 Å². The van der Waals surface area contributed by atoms with Crippen LogP contribution in [0.15, 0.2) is 41.5 Å². The lowest BCUT2D eigenvalue weighted by Gasteiger charge is -2.11. The summed E-state index contributed by atoms with van der Waals surface area (Å²) in [5.74, 6) is -1.43. The van der Waals surface area contributed by atoms with Crippen molar-refractivity contribution in [2.45, 2.75) is 20.0 Å². The van der Waals surface area contributed by atoms with Crippen LogP contribution in [-0.4, -0.2) is 17.2 Å². The summed E-state index contributed by atoms with van der Waals surface area (Å²) >= 11 is 0. The Morgan fingerprint density at radius 2 is 1.88 bits per heavy atom. The normalized spacial score (nSPS) is 11.7. The molecule has 2 aromatic rings. The van der Waals surface area contributed by atoms with Gasteiger partial charge in [0, 0.05) is 11.1 Å². The van der Waals surface area contributed by atoms with Crippen molar-refractivity contribution in [1.29, 1.82) is 0 Å². The Hall–Kier alpha value is -2.83. The van der Waals surface area contributed by atoms with E-state index in [0.717, 1.165) is 17.8 Å². The first kappa shape index (κ1) is 17.5. The van der Waals surface area contributed by atoms with E-state index in [4.69, 9.17) is 0 Å². The zero-order valence-corrected chi connectivity index (χ0v) is 13.0. The Kier molecular flexibility index (Phi) is 4.92. The van der Waals surface area contributed by atoms with Crippen molar-refractivity contribution >= 4 is 12.1 Å². The minimum Gasteiger partial charge on any atom is -0.507 e. The number of carbonyl (C=O) groups excluding carboxylic acids is 1. The molecule has 0 aliphatic heterocycles. The Bertz CT molecular complexity index is 799. The molecule has 1 amide bonds. The summed E-state index contributed by atoms with van der Waals surface area (Å²) in [6, 6.07) is 8.95. The number of nitrogens with one attached hydrogen (secondary N) is 1. The first-order chi connectivity index (χ1) is 11.2. The highest BCUT2D eigenvalue weighted by Gasteiger charge is 2.34. The van der Waals surface area contributed by atoms with Crippen molar-refractivity contribution in [2.24, 2.45) is 5.10 Å². The molecule has 2 rings (SSSR count). The third-order valence-electron chi connectivity index (χ3n) is 3.24. The molecule has 4 nitrogen and oxygen atoms in total. The van der Waals surface area contributed by atoms with Crippen LogP contribution in [0, 0.1) is 13.8 Å². The second-order valence-electron chi connectivity index (χ2n) is 5.32. The van der Waals surface area contributed by atoms with Gasteiger partial charge in [-0.25, -0.2) is 5.43 Å². The zero-order chi connectivity index (χ0) is 17.9. The third-order valence-corrected chi connectivity index (χ3v) is 3.24. The topological polar surface area (TPSA) is 61.7 Å². The van der Waals surface area contributed by atoms with Crippen LogP contribution in [-0.2, 0) is 6.18 Å². The highest BCUT2D eigenvalue weighted by Crippen LogP contribution is 2.37. The Labute approximate surface area is 136 Å². The van der Waals surface area contributed by atoms with Gasteiger partial charge in [0.15, 0.2) is 0 Å².